The molecule has 1 N–H and O–H groups in total. The number of aryl methyl sites for hydroxylation is 2. The van der Waals surface area contributed by atoms with Gasteiger partial charge in [0, 0.05) is 19.6 Å². The van der Waals surface area contributed by atoms with Gasteiger partial charge in [-0.25, -0.2) is 0 Å². The zero-order chi connectivity index (χ0) is 15.5. The molecule has 0 spiro atoms. The van der Waals surface area contributed by atoms with Crippen LogP contribution >= 0.6 is 0 Å². The number of likely N-dealkylation sites (tertiary alicyclic amines) is 1. The number of β-amino-alcohol motifs (C(OH)–C–C–N with tert-alkyl or cyclic N) is 1. The number of hydrogen-bond donors (Lipinski definition) is 1. The Kier molecular flexibility index (Phi) is 5.04. The predicted octanol–water partition coefficient (Wildman–Crippen LogP) is 2.89. The molecule has 1 saturated heterocycles. The average Bonchev–Trinajstić information content (AvgIpc) is 2.91. The SMILES string of the molecule is C[C@@H]1C[C@@H](C)CN(C[C@@H](O)COc2ccc3c(c2)CCC3)C1. The fourth-order valence-electron chi connectivity index (χ4n) is 4.12. The molecule has 0 radical (unpaired) electrons. The summed E-state index contributed by atoms with van der Waals surface area (Å²) in [5.74, 6) is 2.36. The summed E-state index contributed by atoms with van der Waals surface area (Å²) in [6, 6.07) is 6.38. The molecule has 0 aromatic heterocycles. The summed E-state index contributed by atoms with van der Waals surface area (Å²) in [5.41, 5.74) is 2.88. The van der Waals surface area contributed by atoms with Crippen LogP contribution in [0.1, 0.15) is 37.8 Å². The van der Waals surface area contributed by atoms with Crippen LogP contribution in [0.15, 0.2) is 18.2 Å². The molecule has 3 nitrogen and oxygen atoms in total. The molecule has 1 aromatic carbocycles. The van der Waals surface area contributed by atoms with Crippen molar-refractivity contribution in [3.63, 3.8) is 0 Å². The number of nitrogens with zero attached hydrogens (tertiary/aromatic N) is 1. The summed E-state index contributed by atoms with van der Waals surface area (Å²) in [6.45, 7) is 7.91. The highest BCUT2D eigenvalue weighted by molar-refractivity contribution is 5.38. The van der Waals surface area contributed by atoms with E-state index in [-0.39, 0.29) is 0 Å². The average molecular weight is 303 g/mol. The van der Waals surface area contributed by atoms with Crippen LogP contribution in [-0.2, 0) is 12.8 Å². The molecule has 122 valence electrons. The molecule has 1 aliphatic heterocycles. The fourth-order valence-corrected chi connectivity index (χ4v) is 4.12. The quantitative estimate of drug-likeness (QED) is 0.908. The van der Waals surface area contributed by atoms with Crippen molar-refractivity contribution in [3.8, 4) is 5.75 Å². The summed E-state index contributed by atoms with van der Waals surface area (Å²) in [5, 5.41) is 10.3. The van der Waals surface area contributed by atoms with Gasteiger partial charge in [0.15, 0.2) is 0 Å². The molecular formula is C19H29NO2. The van der Waals surface area contributed by atoms with Crippen LogP contribution in [0.5, 0.6) is 5.75 Å². The van der Waals surface area contributed by atoms with Crippen molar-refractivity contribution in [3.05, 3.63) is 29.3 Å². The van der Waals surface area contributed by atoms with Crippen LogP contribution in [0.4, 0.5) is 0 Å². The van der Waals surface area contributed by atoms with Crippen molar-refractivity contribution in [2.75, 3.05) is 26.2 Å². The number of rotatable bonds is 5. The van der Waals surface area contributed by atoms with Crippen LogP contribution in [0.2, 0.25) is 0 Å². The molecule has 0 bridgehead atoms. The smallest absolute Gasteiger partial charge is 0.119 e. The first-order valence-corrected chi connectivity index (χ1v) is 8.75. The number of piperidine rings is 1. The number of aliphatic hydroxyl groups excluding tert-OH is 1. The molecule has 3 heteroatoms. The Labute approximate surface area is 134 Å². The predicted molar refractivity (Wildman–Crippen MR) is 89.4 cm³/mol. The summed E-state index contributed by atoms with van der Waals surface area (Å²) in [6.07, 6.45) is 4.51. The van der Waals surface area contributed by atoms with E-state index in [1.807, 2.05) is 6.07 Å². The Morgan fingerprint density at radius 1 is 1.18 bits per heavy atom. The summed E-state index contributed by atoms with van der Waals surface area (Å²) in [7, 11) is 0. The van der Waals surface area contributed by atoms with Gasteiger partial charge in [-0.3, -0.25) is 0 Å². The van der Waals surface area contributed by atoms with Gasteiger partial charge in [-0.05, 0) is 60.8 Å². The maximum Gasteiger partial charge on any atom is 0.119 e. The van der Waals surface area contributed by atoms with Crippen LogP contribution < -0.4 is 4.74 Å². The number of benzene rings is 1. The Bertz CT molecular complexity index is 492. The molecule has 0 saturated carbocycles. The molecule has 22 heavy (non-hydrogen) atoms. The first kappa shape index (κ1) is 15.8. The van der Waals surface area contributed by atoms with Gasteiger partial charge in [-0.1, -0.05) is 19.9 Å². The van der Waals surface area contributed by atoms with E-state index in [1.165, 1.54) is 36.8 Å². The van der Waals surface area contributed by atoms with E-state index in [9.17, 15) is 5.11 Å². The van der Waals surface area contributed by atoms with Crippen molar-refractivity contribution in [2.24, 2.45) is 11.8 Å². The zero-order valence-electron chi connectivity index (χ0n) is 13.9. The molecule has 0 amide bonds. The van der Waals surface area contributed by atoms with E-state index in [1.54, 1.807) is 0 Å². The number of fused-ring (bicyclic) bond motifs is 1. The third kappa shape index (κ3) is 4.02. The third-order valence-electron chi connectivity index (χ3n) is 4.93. The van der Waals surface area contributed by atoms with Gasteiger partial charge in [-0.2, -0.15) is 0 Å². The molecular weight excluding hydrogens is 274 g/mol. The van der Waals surface area contributed by atoms with Crippen molar-refractivity contribution < 1.29 is 9.84 Å². The van der Waals surface area contributed by atoms with Gasteiger partial charge >= 0.3 is 0 Å². The fraction of sp³-hybridized carbons (Fsp3) is 0.684. The van der Waals surface area contributed by atoms with E-state index in [0.717, 1.165) is 37.2 Å². The largest absolute Gasteiger partial charge is 0.491 e. The van der Waals surface area contributed by atoms with E-state index in [4.69, 9.17) is 4.74 Å². The highest BCUT2D eigenvalue weighted by atomic mass is 16.5. The van der Waals surface area contributed by atoms with Gasteiger partial charge in [0.05, 0.1) is 0 Å². The molecule has 1 aliphatic carbocycles. The minimum absolute atomic E-state index is 0.387. The summed E-state index contributed by atoms with van der Waals surface area (Å²) >= 11 is 0. The van der Waals surface area contributed by atoms with E-state index in [2.05, 4.69) is 30.9 Å². The van der Waals surface area contributed by atoms with Gasteiger partial charge in [0.25, 0.3) is 0 Å². The minimum Gasteiger partial charge on any atom is -0.491 e. The Morgan fingerprint density at radius 3 is 2.68 bits per heavy atom. The van der Waals surface area contributed by atoms with Crippen molar-refractivity contribution in [1.29, 1.82) is 0 Å². The summed E-state index contributed by atoms with van der Waals surface area (Å²) < 4.78 is 5.81. The first-order valence-electron chi connectivity index (χ1n) is 8.75. The maximum absolute atomic E-state index is 10.3. The molecule has 1 fully saturated rings. The highest BCUT2D eigenvalue weighted by Crippen LogP contribution is 2.26. The number of hydrogen-bond acceptors (Lipinski definition) is 3. The van der Waals surface area contributed by atoms with Crippen molar-refractivity contribution >= 4 is 0 Å². The second-order valence-electron chi connectivity index (χ2n) is 7.41. The lowest BCUT2D eigenvalue weighted by atomic mass is 9.92. The van der Waals surface area contributed by atoms with Crippen LogP contribution in [-0.4, -0.2) is 42.4 Å². The standard InChI is InChI=1S/C19H29NO2/c1-14-8-15(2)11-20(10-14)12-18(21)13-22-19-7-6-16-4-3-5-17(16)9-19/h6-7,9,14-15,18,21H,3-5,8,10-13H2,1-2H3/t14-,15-,18-/m1/s1. The lowest BCUT2D eigenvalue weighted by Gasteiger charge is -2.35. The second-order valence-corrected chi connectivity index (χ2v) is 7.41. The Hall–Kier alpha value is -1.06. The van der Waals surface area contributed by atoms with Gasteiger partial charge in [0.2, 0.25) is 0 Å². The Balaban J connectivity index is 1.47. The topological polar surface area (TPSA) is 32.7 Å². The van der Waals surface area contributed by atoms with E-state index >= 15 is 0 Å². The number of ether oxygens (including phenoxy) is 1. The first-order chi connectivity index (χ1) is 10.6. The molecule has 3 atom stereocenters. The van der Waals surface area contributed by atoms with Crippen LogP contribution in [0, 0.1) is 11.8 Å². The second kappa shape index (κ2) is 7.01. The molecule has 1 heterocycles. The maximum atomic E-state index is 10.3. The third-order valence-corrected chi connectivity index (χ3v) is 4.93. The van der Waals surface area contributed by atoms with Gasteiger partial charge in [0.1, 0.15) is 18.5 Å². The van der Waals surface area contributed by atoms with Crippen LogP contribution in [0.3, 0.4) is 0 Å². The molecule has 2 aliphatic rings. The Morgan fingerprint density at radius 2 is 1.91 bits per heavy atom. The lowest BCUT2D eigenvalue weighted by molar-refractivity contribution is 0.0429. The normalized spacial score (nSPS) is 26.7. The number of aliphatic hydroxyl groups is 1. The monoisotopic (exact) mass is 303 g/mol. The van der Waals surface area contributed by atoms with Gasteiger partial charge in [-0.15, -0.1) is 0 Å². The lowest BCUT2D eigenvalue weighted by Crippen LogP contribution is -2.44. The molecule has 3 rings (SSSR count). The zero-order valence-corrected chi connectivity index (χ0v) is 13.9. The highest BCUT2D eigenvalue weighted by Gasteiger charge is 2.23. The minimum atomic E-state index is -0.411. The summed E-state index contributed by atoms with van der Waals surface area (Å²) in [4.78, 5) is 2.38. The van der Waals surface area contributed by atoms with Crippen LogP contribution in [0.25, 0.3) is 0 Å². The molecule has 0 unspecified atom stereocenters. The van der Waals surface area contributed by atoms with Crippen molar-refractivity contribution in [1.82, 2.24) is 4.90 Å². The van der Waals surface area contributed by atoms with Crippen molar-refractivity contribution in [2.45, 2.75) is 45.6 Å². The van der Waals surface area contributed by atoms with E-state index in [0.29, 0.717) is 6.61 Å². The van der Waals surface area contributed by atoms with Gasteiger partial charge < -0.3 is 14.7 Å². The van der Waals surface area contributed by atoms with E-state index < -0.39 is 6.10 Å². The molecule has 1 aromatic rings.